The van der Waals surface area contributed by atoms with Crippen LogP contribution in [0.2, 0.25) is 0 Å². The summed E-state index contributed by atoms with van der Waals surface area (Å²) >= 11 is 0. The fraction of sp³-hybridized carbons (Fsp3) is 0.667. The summed E-state index contributed by atoms with van der Waals surface area (Å²) in [4.78, 5) is 27.1. The number of nitro groups is 1. The van der Waals surface area contributed by atoms with Crippen molar-refractivity contribution in [1.82, 2.24) is 19.8 Å². The van der Waals surface area contributed by atoms with Gasteiger partial charge in [-0.3, -0.25) is 0 Å². The molecule has 0 saturated carbocycles. The highest BCUT2D eigenvalue weighted by Gasteiger charge is 2.26. The normalized spacial score (nSPS) is 15.9. The van der Waals surface area contributed by atoms with Crippen molar-refractivity contribution in [3.05, 3.63) is 22.1 Å². The molecule has 1 aromatic rings. The molecule has 0 aromatic carbocycles. The summed E-state index contributed by atoms with van der Waals surface area (Å²) in [6.07, 6.45) is 1.74. The molecule has 0 spiro atoms. The van der Waals surface area contributed by atoms with Crippen LogP contribution in [0.5, 0.6) is 0 Å². The van der Waals surface area contributed by atoms with Crippen molar-refractivity contribution in [2.45, 2.75) is 32.4 Å². The Morgan fingerprint density at radius 2 is 2.29 bits per heavy atom. The van der Waals surface area contributed by atoms with Crippen molar-refractivity contribution < 1.29 is 14.8 Å². The van der Waals surface area contributed by atoms with Crippen LogP contribution in [0.4, 0.5) is 10.6 Å². The summed E-state index contributed by atoms with van der Waals surface area (Å²) in [5, 5.41) is 23.5. The van der Waals surface area contributed by atoms with Crippen LogP contribution in [-0.2, 0) is 6.54 Å². The van der Waals surface area contributed by atoms with Gasteiger partial charge in [-0.15, -0.1) is 0 Å². The van der Waals surface area contributed by atoms with E-state index in [-0.39, 0.29) is 24.9 Å². The Bertz CT molecular complexity index is 524. The number of aryl methyl sites for hydroxylation is 1. The van der Waals surface area contributed by atoms with Gasteiger partial charge in [-0.2, -0.15) is 0 Å². The number of nitrogens with one attached hydrogen (secondary N) is 1. The maximum absolute atomic E-state index is 11.4. The minimum absolute atomic E-state index is 0.0355. The predicted octanol–water partition coefficient (Wildman–Crippen LogP) is 0.832. The Morgan fingerprint density at radius 3 is 2.86 bits per heavy atom. The molecule has 0 atom stereocenters. The summed E-state index contributed by atoms with van der Waals surface area (Å²) < 4.78 is 1.44. The number of amides is 1. The van der Waals surface area contributed by atoms with E-state index in [1.807, 2.05) is 0 Å². The number of aromatic nitrogens is 2. The van der Waals surface area contributed by atoms with Crippen LogP contribution in [0, 0.1) is 17.0 Å². The average Bonchev–Trinajstić information content (AvgIpc) is 2.81. The van der Waals surface area contributed by atoms with E-state index in [4.69, 9.17) is 0 Å². The molecule has 2 rings (SSSR count). The fourth-order valence-corrected chi connectivity index (χ4v) is 2.64. The van der Waals surface area contributed by atoms with Gasteiger partial charge in [0.15, 0.2) is 5.82 Å². The van der Waals surface area contributed by atoms with Gasteiger partial charge in [0, 0.05) is 13.0 Å². The summed E-state index contributed by atoms with van der Waals surface area (Å²) in [7, 11) is 0. The van der Waals surface area contributed by atoms with E-state index >= 15 is 0 Å². The highest BCUT2D eigenvalue weighted by atomic mass is 16.6. The van der Waals surface area contributed by atoms with Crippen molar-refractivity contribution in [3.8, 4) is 0 Å². The van der Waals surface area contributed by atoms with E-state index in [0.717, 1.165) is 25.9 Å². The van der Waals surface area contributed by atoms with Crippen LogP contribution in [0.15, 0.2) is 6.20 Å². The van der Waals surface area contributed by atoms with Gasteiger partial charge in [-0.05, 0) is 30.9 Å². The molecule has 1 aliphatic heterocycles. The molecule has 9 nitrogen and oxygen atoms in total. The average molecular weight is 297 g/mol. The quantitative estimate of drug-likeness (QED) is 0.614. The first-order chi connectivity index (χ1) is 10.0. The van der Waals surface area contributed by atoms with E-state index in [0.29, 0.717) is 5.82 Å². The first-order valence-electron chi connectivity index (χ1n) is 6.87. The molecule has 116 valence electrons. The topological polar surface area (TPSA) is 114 Å². The zero-order valence-corrected chi connectivity index (χ0v) is 11.9. The molecular weight excluding hydrogens is 278 g/mol. The highest BCUT2D eigenvalue weighted by molar-refractivity contribution is 5.65. The number of hydrogen-bond donors (Lipinski definition) is 2. The standard InChI is InChI=1S/C12H19N5O4/c1-9-14-8-11(17(20)21)15(9)6-7-16(12(18)19)10-2-4-13-5-3-10/h8,10,13H,2-7H2,1H3,(H,18,19). The van der Waals surface area contributed by atoms with E-state index in [1.54, 1.807) is 6.92 Å². The number of nitrogens with zero attached hydrogens (tertiary/aromatic N) is 4. The Morgan fingerprint density at radius 1 is 1.62 bits per heavy atom. The second-order valence-corrected chi connectivity index (χ2v) is 5.03. The van der Waals surface area contributed by atoms with Crippen molar-refractivity contribution in [1.29, 1.82) is 0 Å². The molecule has 0 unspecified atom stereocenters. The molecule has 1 saturated heterocycles. The third-order valence-electron chi connectivity index (χ3n) is 3.78. The fourth-order valence-electron chi connectivity index (χ4n) is 2.64. The SMILES string of the molecule is Cc1ncc([N+](=O)[O-])n1CCN(C(=O)O)C1CCNCC1. The third kappa shape index (κ3) is 3.48. The van der Waals surface area contributed by atoms with E-state index < -0.39 is 11.0 Å². The molecule has 9 heteroatoms. The van der Waals surface area contributed by atoms with Crippen molar-refractivity contribution in [2.24, 2.45) is 0 Å². The largest absolute Gasteiger partial charge is 0.465 e. The zero-order chi connectivity index (χ0) is 15.4. The molecule has 2 heterocycles. The number of imidazole rings is 1. The summed E-state index contributed by atoms with van der Waals surface area (Å²) in [6.45, 7) is 3.70. The third-order valence-corrected chi connectivity index (χ3v) is 3.78. The number of carboxylic acid groups (broad SMARTS) is 1. The minimum Gasteiger partial charge on any atom is -0.465 e. The van der Waals surface area contributed by atoms with Crippen LogP contribution in [0.1, 0.15) is 18.7 Å². The molecule has 0 bridgehead atoms. The lowest BCUT2D eigenvalue weighted by Gasteiger charge is -2.32. The van der Waals surface area contributed by atoms with Crippen molar-refractivity contribution >= 4 is 11.9 Å². The molecule has 0 radical (unpaired) electrons. The number of carbonyl (C=O) groups is 1. The van der Waals surface area contributed by atoms with Gasteiger partial charge >= 0.3 is 11.9 Å². The van der Waals surface area contributed by atoms with Crippen molar-refractivity contribution in [3.63, 3.8) is 0 Å². The van der Waals surface area contributed by atoms with Gasteiger partial charge in [-0.25, -0.2) is 14.3 Å². The lowest BCUT2D eigenvalue weighted by atomic mass is 10.1. The Hall–Kier alpha value is -2.16. The highest BCUT2D eigenvalue weighted by Crippen LogP contribution is 2.16. The van der Waals surface area contributed by atoms with Crippen LogP contribution in [0.3, 0.4) is 0 Å². The van der Waals surface area contributed by atoms with Gasteiger partial charge in [0.25, 0.3) is 0 Å². The van der Waals surface area contributed by atoms with E-state index in [1.165, 1.54) is 15.7 Å². The van der Waals surface area contributed by atoms with Gasteiger partial charge in [-0.1, -0.05) is 0 Å². The van der Waals surface area contributed by atoms with Gasteiger partial charge in [0.2, 0.25) is 0 Å². The van der Waals surface area contributed by atoms with Gasteiger partial charge in [0.05, 0.1) is 6.54 Å². The number of piperidine rings is 1. The van der Waals surface area contributed by atoms with Crippen molar-refractivity contribution in [2.75, 3.05) is 19.6 Å². The maximum Gasteiger partial charge on any atom is 0.407 e. The smallest absolute Gasteiger partial charge is 0.407 e. The molecule has 1 aromatic heterocycles. The monoisotopic (exact) mass is 297 g/mol. The first kappa shape index (κ1) is 15.2. The van der Waals surface area contributed by atoms with Crippen LogP contribution >= 0.6 is 0 Å². The van der Waals surface area contributed by atoms with Crippen LogP contribution < -0.4 is 5.32 Å². The zero-order valence-electron chi connectivity index (χ0n) is 11.9. The molecule has 21 heavy (non-hydrogen) atoms. The Balaban J connectivity index is 2.06. The van der Waals surface area contributed by atoms with E-state index in [9.17, 15) is 20.0 Å². The molecule has 1 amide bonds. The van der Waals surface area contributed by atoms with Gasteiger partial charge < -0.3 is 25.4 Å². The minimum atomic E-state index is -0.984. The summed E-state index contributed by atoms with van der Waals surface area (Å²) in [5.74, 6) is 0.403. The molecular formula is C12H19N5O4. The van der Waals surface area contributed by atoms with E-state index in [2.05, 4.69) is 10.3 Å². The lowest BCUT2D eigenvalue weighted by Crippen LogP contribution is -2.46. The summed E-state index contributed by atoms with van der Waals surface area (Å²) in [6, 6.07) is -0.0355. The Labute approximate surface area is 121 Å². The number of rotatable bonds is 5. The first-order valence-corrected chi connectivity index (χ1v) is 6.87. The molecule has 1 fully saturated rings. The summed E-state index contributed by atoms with van der Waals surface area (Å²) in [5.41, 5.74) is 0. The molecule has 2 N–H and O–H groups in total. The lowest BCUT2D eigenvalue weighted by molar-refractivity contribution is -0.392. The van der Waals surface area contributed by atoms with Crippen LogP contribution in [-0.4, -0.2) is 56.3 Å². The van der Waals surface area contributed by atoms with Gasteiger partial charge in [0.1, 0.15) is 12.7 Å². The second-order valence-electron chi connectivity index (χ2n) is 5.03. The Kier molecular flexibility index (Phi) is 4.73. The molecule has 0 aliphatic carbocycles. The van der Waals surface area contributed by atoms with Crippen LogP contribution in [0.25, 0.3) is 0 Å². The molecule has 1 aliphatic rings. The predicted molar refractivity (Wildman–Crippen MR) is 74.2 cm³/mol. The number of hydrogen-bond acceptors (Lipinski definition) is 5. The maximum atomic E-state index is 11.4. The second kappa shape index (κ2) is 6.53.